The summed E-state index contributed by atoms with van der Waals surface area (Å²) in [5.74, 6) is -0.336. The molecule has 0 aliphatic carbocycles. The van der Waals surface area contributed by atoms with Crippen LogP contribution in [0.25, 0.3) is 0 Å². The molecule has 0 unspecified atom stereocenters. The van der Waals surface area contributed by atoms with Gasteiger partial charge in [0.15, 0.2) is 0 Å². The van der Waals surface area contributed by atoms with Crippen molar-refractivity contribution < 1.29 is 9.53 Å². The van der Waals surface area contributed by atoms with Gasteiger partial charge in [-0.1, -0.05) is 6.92 Å². The Kier molecular flexibility index (Phi) is 5.49. The summed E-state index contributed by atoms with van der Waals surface area (Å²) >= 11 is 0. The zero-order chi connectivity index (χ0) is 14.4. The van der Waals surface area contributed by atoms with Crippen LogP contribution in [0.3, 0.4) is 0 Å². The molecular weight excluding hydrogens is 254 g/mol. The summed E-state index contributed by atoms with van der Waals surface area (Å²) < 4.78 is 4.67. The molecule has 0 spiro atoms. The molecule has 0 saturated carbocycles. The minimum atomic E-state index is -0.336. The van der Waals surface area contributed by atoms with Crippen molar-refractivity contribution in [2.45, 2.75) is 19.9 Å². The molecule has 5 nitrogen and oxygen atoms in total. The molecule has 1 aliphatic heterocycles. The number of esters is 1. The van der Waals surface area contributed by atoms with Crippen LogP contribution < -0.4 is 0 Å². The van der Waals surface area contributed by atoms with E-state index in [0.29, 0.717) is 5.56 Å². The first-order valence-electron chi connectivity index (χ1n) is 7.21. The van der Waals surface area contributed by atoms with Crippen LogP contribution in [0, 0.1) is 0 Å². The van der Waals surface area contributed by atoms with Gasteiger partial charge in [0, 0.05) is 38.9 Å². The molecular formula is C15H23N3O2. The Labute approximate surface area is 120 Å². The van der Waals surface area contributed by atoms with Gasteiger partial charge in [-0.15, -0.1) is 0 Å². The van der Waals surface area contributed by atoms with Gasteiger partial charge in [0.1, 0.15) is 0 Å². The summed E-state index contributed by atoms with van der Waals surface area (Å²) in [4.78, 5) is 20.6. The van der Waals surface area contributed by atoms with Gasteiger partial charge in [-0.05, 0) is 25.1 Å². The second kappa shape index (κ2) is 7.36. The van der Waals surface area contributed by atoms with E-state index in [2.05, 4.69) is 26.4 Å². The van der Waals surface area contributed by atoms with Gasteiger partial charge in [-0.3, -0.25) is 9.88 Å². The van der Waals surface area contributed by atoms with Crippen LogP contribution >= 0.6 is 0 Å². The fourth-order valence-electron chi connectivity index (χ4n) is 2.47. The highest BCUT2D eigenvalue weighted by Gasteiger charge is 2.16. The molecule has 0 bridgehead atoms. The predicted octanol–water partition coefficient (Wildman–Crippen LogP) is 1.40. The van der Waals surface area contributed by atoms with Gasteiger partial charge in [0.05, 0.1) is 18.4 Å². The fourth-order valence-corrected chi connectivity index (χ4v) is 2.47. The zero-order valence-corrected chi connectivity index (χ0v) is 12.3. The highest BCUT2D eigenvalue weighted by molar-refractivity contribution is 5.88. The summed E-state index contributed by atoms with van der Waals surface area (Å²) in [6.45, 7) is 8.70. The monoisotopic (exact) mass is 277 g/mol. The van der Waals surface area contributed by atoms with Crippen molar-refractivity contribution in [1.29, 1.82) is 0 Å². The van der Waals surface area contributed by atoms with Crippen LogP contribution in [0.15, 0.2) is 18.3 Å². The lowest BCUT2D eigenvalue weighted by atomic mass is 10.2. The van der Waals surface area contributed by atoms with Crippen LogP contribution in [0.4, 0.5) is 0 Å². The summed E-state index contributed by atoms with van der Waals surface area (Å²) in [5.41, 5.74) is 1.51. The summed E-state index contributed by atoms with van der Waals surface area (Å²) in [6, 6.07) is 3.69. The van der Waals surface area contributed by atoms with E-state index >= 15 is 0 Å². The first-order chi connectivity index (χ1) is 9.72. The highest BCUT2D eigenvalue weighted by atomic mass is 16.5. The minimum absolute atomic E-state index is 0.336. The predicted molar refractivity (Wildman–Crippen MR) is 77.6 cm³/mol. The largest absolute Gasteiger partial charge is 0.465 e. The van der Waals surface area contributed by atoms with Crippen LogP contribution in [-0.4, -0.2) is 60.6 Å². The lowest BCUT2D eigenvalue weighted by Gasteiger charge is -2.34. The van der Waals surface area contributed by atoms with Crippen molar-refractivity contribution in [2.24, 2.45) is 0 Å². The Balaban J connectivity index is 1.84. The second-order valence-corrected chi connectivity index (χ2v) is 5.15. The molecule has 0 amide bonds. The lowest BCUT2D eigenvalue weighted by Crippen LogP contribution is -2.46. The average Bonchev–Trinajstić information content (AvgIpc) is 2.49. The summed E-state index contributed by atoms with van der Waals surface area (Å²) in [7, 11) is 1.38. The van der Waals surface area contributed by atoms with Crippen molar-refractivity contribution in [3.05, 3.63) is 29.6 Å². The molecule has 20 heavy (non-hydrogen) atoms. The third-order valence-corrected chi connectivity index (χ3v) is 3.64. The van der Waals surface area contributed by atoms with Gasteiger partial charge in [-0.25, -0.2) is 4.79 Å². The molecule has 1 aromatic heterocycles. The van der Waals surface area contributed by atoms with Crippen LogP contribution in [0.5, 0.6) is 0 Å². The molecule has 2 rings (SSSR count). The number of aromatic nitrogens is 1. The van der Waals surface area contributed by atoms with Crippen molar-refractivity contribution in [3.63, 3.8) is 0 Å². The molecule has 1 aromatic rings. The lowest BCUT2D eigenvalue weighted by molar-refractivity contribution is 0.0600. The van der Waals surface area contributed by atoms with Gasteiger partial charge < -0.3 is 9.64 Å². The normalized spacial score (nSPS) is 17.1. The standard InChI is InChI=1S/C15H23N3O2/c1-3-6-17-7-9-18(10-8-17)12-14-5-4-13(11-16-14)15(19)20-2/h4-5,11H,3,6-10,12H2,1-2H3. The van der Waals surface area contributed by atoms with E-state index in [1.165, 1.54) is 20.1 Å². The van der Waals surface area contributed by atoms with E-state index in [-0.39, 0.29) is 5.97 Å². The van der Waals surface area contributed by atoms with Crippen LogP contribution in [-0.2, 0) is 11.3 Å². The van der Waals surface area contributed by atoms with E-state index in [9.17, 15) is 4.79 Å². The quantitative estimate of drug-likeness (QED) is 0.761. The first-order valence-corrected chi connectivity index (χ1v) is 7.21. The van der Waals surface area contributed by atoms with E-state index < -0.39 is 0 Å². The van der Waals surface area contributed by atoms with E-state index in [0.717, 1.165) is 38.4 Å². The smallest absolute Gasteiger partial charge is 0.339 e. The van der Waals surface area contributed by atoms with Crippen molar-refractivity contribution in [1.82, 2.24) is 14.8 Å². The van der Waals surface area contributed by atoms with Crippen molar-refractivity contribution in [3.8, 4) is 0 Å². The molecule has 1 saturated heterocycles. The Morgan fingerprint density at radius 3 is 2.50 bits per heavy atom. The fraction of sp³-hybridized carbons (Fsp3) is 0.600. The minimum Gasteiger partial charge on any atom is -0.465 e. The Hall–Kier alpha value is -1.46. The number of methoxy groups -OCH3 is 1. The molecule has 0 N–H and O–H groups in total. The SMILES string of the molecule is CCCN1CCN(Cc2ccc(C(=O)OC)cn2)CC1. The molecule has 2 heterocycles. The Bertz CT molecular complexity index is 425. The molecule has 0 aromatic carbocycles. The van der Waals surface area contributed by atoms with Crippen LogP contribution in [0.1, 0.15) is 29.4 Å². The number of ether oxygens (including phenoxy) is 1. The maximum absolute atomic E-state index is 11.3. The number of hydrogen-bond donors (Lipinski definition) is 0. The maximum atomic E-state index is 11.3. The van der Waals surface area contributed by atoms with Gasteiger partial charge in [0.2, 0.25) is 0 Å². The number of carbonyl (C=O) groups excluding carboxylic acids is 1. The zero-order valence-electron chi connectivity index (χ0n) is 12.3. The van der Waals surface area contributed by atoms with Crippen molar-refractivity contribution >= 4 is 5.97 Å². The van der Waals surface area contributed by atoms with Gasteiger partial charge in [-0.2, -0.15) is 0 Å². The van der Waals surface area contributed by atoms with Crippen LogP contribution in [0.2, 0.25) is 0 Å². The summed E-state index contributed by atoms with van der Waals surface area (Å²) in [5, 5.41) is 0. The molecule has 0 radical (unpaired) electrons. The number of nitrogens with zero attached hydrogens (tertiary/aromatic N) is 3. The summed E-state index contributed by atoms with van der Waals surface area (Å²) in [6.07, 6.45) is 2.81. The number of pyridine rings is 1. The molecule has 1 aliphatic rings. The van der Waals surface area contributed by atoms with Crippen molar-refractivity contribution in [2.75, 3.05) is 39.8 Å². The number of rotatable bonds is 5. The molecule has 5 heteroatoms. The average molecular weight is 277 g/mol. The first kappa shape index (κ1) is 14.9. The maximum Gasteiger partial charge on any atom is 0.339 e. The van der Waals surface area contributed by atoms with E-state index in [4.69, 9.17) is 0 Å². The van der Waals surface area contributed by atoms with E-state index in [1.807, 2.05) is 6.07 Å². The Morgan fingerprint density at radius 2 is 1.95 bits per heavy atom. The highest BCUT2D eigenvalue weighted by Crippen LogP contribution is 2.08. The van der Waals surface area contributed by atoms with E-state index in [1.54, 1.807) is 12.3 Å². The Morgan fingerprint density at radius 1 is 1.25 bits per heavy atom. The third-order valence-electron chi connectivity index (χ3n) is 3.64. The third kappa shape index (κ3) is 4.02. The molecule has 110 valence electrons. The number of carbonyl (C=O) groups is 1. The molecule has 1 fully saturated rings. The second-order valence-electron chi connectivity index (χ2n) is 5.15. The molecule has 0 atom stereocenters. The van der Waals surface area contributed by atoms with Gasteiger partial charge in [0.25, 0.3) is 0 Å². The van der Waals surface area contributed by atoms with Gasteiger partial charge >= 0.3 is 5.97 Å². The number of piperazine rings is 1. The number of hydrogen-bond acceptors (Lipinski definition) is 5. The topological polar surface area (TPSA) is 45.7 Å².